The maximum absolute atomic E-state index is 12.7. The van der Waals surface area contributed by atoms with Gasteiger partial charge in [0.05, 0.1) is 17.0 Å². The first-order valence-electron chi connectivity index (χ1n) is 7.32. The van der Waals surface area contributed by atoms with Crippen LogP contribution < -0.4 is 4.90 Å². The van der Waals surface area contributed by atoms with Crippen LogP contribution in [0.5, 0.6) is 5.75 Å². The summed E-state index contributed by atoms with van der Waals surface area (Å²) in [5.41, 5.74) is 1.95. The van der Waals surface area contributed by atoms with E-state index in [9.17, 15) is 14.7 Å². The van der Waals surface area contributed by atoms with E-state index in [1.54, 1.807) is 54.6 Å². The molecular weight excluding hydrogens is 358 g/mol. The number of phenols is 1. The van der Waals surface area contributed by atoms with Crippen LogP contribution in [0.3, 0.4) is 0 Å². The molecule has 0 atom stereocenters. The minimum atomic E-state index is -0.910. The van der Waals surface area contributed by atoms with Gasteiger partial charge in [-0.2, -0.15) is 0 Å². The summed E-state index contributed by atoms with van der Waals surface area (Å²) in [7, 11) is 0. The average molecular weight is 371 g/mol. The Morgan fingerprint density at radius 1 is 1.20 bits per heavy atom. The Morgan fingerprint density at radius 2 is 1.92 bits per heavy atom. The van der Waals surface area contributed by atoms with Crippen LogP contribution in [-0.2, 0) is 16.0 Å². The van der Waals surface area contributed by atoms with Crippen molar-refractivity contribution >= 4 is 51.9 Å². The highest BCUT2D eigenvalue weighted by molar-refractivity contribution is 8.27. The minimum Gasteiger partial charge on any atom is -0.508 e. The molecule has 1 fully saturated rings. The largest absolute Gasteiger partial charge is 0.508 e. The number of amides is 1. The second-order valence-corrected chi connectivity index (χ2v) is 7.02. The molecule has 7 heteroatoms. The molecule has 2 aromatic rings. The molecule has 0 radical (unpaired) electrons. The molecule has 1 aliphatic rings. The molecule has 0 aromatic heterocycles. The number of phenolic OH excluding ortho intramolecular Hbond substituents is 1. The first kappa shape index (κ1) is 17.2. The molecule has 25 heavy (non-hydrogen) atoms. The number of carboxylic acids is 1. The van der Waals surface area contributed by atoms with Crippen molar-refractivity contribution in [1.29, 1.82) is 0 Å². The molecule has 0 saturated carbocycles. The fourth-order valence-electron chi connectivity index (χ4n) is 2.39. The Morgan fingerprint density at radius 3 is 2.56 bits per heavy atom. The van der Waals surface area contributed by atoms with Crippen molar-refractivity contribution in [2.24, 2.45) is 0 Å². The van der Waals surface area contributed by atoms with Crippen molar-refractivity contribution in [3.63, 3.8) is 0 Å². The number of nitrogens with zero attached hydrogens (tertiary/aromatic N) is 1. The van der Waals surface area contributed by atoms with Crippen molar-refractivity contribution in [3.05, 3.63) is 64.6 Å². The van der Waals surface area contributed by atoms with Gasteiger partial charge in [0, 0.05) is 0 Å². The van der Waals surface area contributed by atoms with Gasteiger partial charge < -0.3 is 10.2 Å². The van der Waals surface area contributed by atoms with Gasteiger partial charge >= 0.3 is 5.97 Å². The van der Waals surface area contributed by atoms with E-state index in [4.69, 9.17) is 17.3 Å². The van der Waals surface area contributed by atoms with Crippen molar-refractivity contribution in [2.75, 3.05) is 4.90 Å². The normalized spacial score (nSPS) is 15.8. The summed E-state index contributed by atoms with van der Waals surface area (Å²) in [4.78, 5) is 25.3. The van der Waals surface area contributed by atoms with Gasteiger partial charge in [0.15, 0.2) is 4.32 Å². The number of thioether (sulfide) groups is 1. The summed E-state index contributed by atoms with van der Waals surface area (Å²) >= 11 is 6.49. The third-order valence-corrected chi connectivity index (χ3v) is 4.81. The number of aliphatic carboxylic acids is 1. The molecule has 1 heterocycles. The summed E-state index contributed by atoms with van der Waals surface area (Å²) in [5, 5.41) is 18.3. The zero-order valence-electron chi connectivity index (χ0n) is 12.9. The van der Waals surface area contributed by atoms with E-state index in [0.29, 0.717) is 26.0 Å². The van der Waals surface area contributed by atoms with Crippen LogP contribution in [0.1, 0.15) is 11.1 Å². The second kappa shape index (κ2) is 7.08. The summed E-state index contributed by atoms with van der Waals surface area (Å²) in [6.45, 7) is 0. The molecule has 0 spiro atoms. The zero-order valence-corrected chi connectivity index (χ0v) is 14.5. The number of carbonyl (C=O) groups excluding carboxylic acids is 1. The average Bonchev–Trinajstić information content (AvgIpc) is 2.82. The van der Waals surface area contributed by atoms with Gasteiger partial charge in [-0.05, 0) is 41.5 Å². The van der Waals surface area contributed by atoms with Gasteiger partial charge in [-0.25, -0.2) is 0 Å². The molecule has 0 bridgehead atoms. The predicted octanol–water partition coefficient (Wildman–Crippen LogP) is 3.43. The van der Waals surface area contributed by atoms with E-state index in [1.807, 2.05) is 0 Å². The fraction of sp³-hybridized carbons (Fsp3) is 0.0556. The summed E-state index contributed by atoms with van der Waals surface area (Å²) in [6, 6.07) is 13.3. The van der Waals surface area contributed by atoms with Crippen LogP contribution in [0, 0.1) is 0 Å². The lowest BCUT2D eigenvalue weighted by Gasteiger charge is -2.14. The smallest absolute Gasteiger partial charge is 0.307 e. The molecule has 1 amide bonds. The van der Waals surface area contributed by atoms with E-state index < -0.39 is 5.97 Å². The number of thiocarbonyl (C=S) groups is 1. The van der Waals surface area contributed by atoms with Gasteiger partial charge in [0.1, 0.15) is 5.75 Å². The Bertz CT molecular complexity index is 890. The van der Waals surface area contributed by atoms with Crippen molar-refractivity contribution < 1.29 is 19.8 Å². The fourth-order valence-corrected chi connectivity index (χ4v) is 3.69. The second-order valence-electron chi connectivity index (χ2n) is 5.35. The maximum atomic E-state index is 12.7. The van der Waals surface area contributed by atoms with Crippen LogP contribution >= 0.6 is 24.0 Å². The number of carboxylic acid groups (broad SMARTS) is 1. The standard InChI is InChI=1S/C18H13NO4S2/c20-14-3-1-2-12(8-14)9-15-17(23)19(18(24)25-15)13-6-4-11(5-7-13)10-16(21)22/h1-9,20H,10H2,(H,21,22)/b15-9-. The number of anilines is 1. The van der Waals surface area contributed by atoms with E-state index >= 15 is 0 Å². The lowest BCUT2D eigenvalue weighted by molar-refractivity contribution is -0.136. The third kappa shape index (κ3) is 3.89. The van der Waals surface area contributed by atoms with Crippen LogP contribution in [0.4, 0.5) is 5.69 Å². The molecule has 1 saturated heterocycles. The van der Waals surface area contributed by atoms with Crippen molar-refractivity contribution in [2.45, 2.75) is 6.42 Å². The lowest BCUT2D eigenvalue weighted by Crippen LogP contribution is -2.27. The molecule has 1 aliphatic heterocycles. The van der Waals surface area contributed by atoms with Gasteiger partial charge in [0.2, 0.25) is 0 Å². The quantitative estimate of drug-likeness (QED) is 0.633. The van der Waals surface area contributed by atoms with Crippen molar-refractivity contribution in [1.82, 2.24) is 0 Å². The number of benzene rings is 2. The summed E-state index contributed by atoms with van der Waals surface area (Å²) in [6.07, 6.45) is 1.61. The molecule has 2 N–H and O–H groups in total. The Hall–Kier alpha value is -2.64. The molecule has 126 valence electrons. The summed E-state index contributed by atoms with van der Waals surface area (Å²) < 4.78 is 0.405. The Labute approximate surface area is 153 Å². The van der Waals surface area contributed by atoms with E-state index in [2.05, 4.69) is 0 Å². The van der Waals surface area contributed by atoms with Crippen LogP contribution in [0.2, 0.25) is 0 Å². The third-order valence-electron chi connectivity index (χ3n) is 3.51. The number of hydrogen-bond acceptors (Lipinski definition) is 5. The first-order valence-corrected chi connectivity index (χ1v) is 8.54. The molecule has 0 aliphatic carbocycles. The van der Waals surface area contributed by atoms with Crippen LogP contribution in [0.25, 0.3) is 6.08 Å². The Balaban J connectivity index is 1.85. The topological polar surface area (TPSA) is 77.8 Å². The molecule has 3 rings (SSSR count). The number of aromatic hydroxyl groups is 1. The predicted molar refractivity (Wildman–Crippen MR) is 102 cm³/mol. The summed E-state index contributed by atoms with van der Waals surface area (Å²) in [5.74, 6) is -1.03. The van der Waals surface area contributed by atoms with Crippen molar-refractivity contribution in [3.8, 4) is 5.75 Å². The van der Waals surface area contributed by atoms with Crippen LogP contribution in [-0.4, -0.2) is 26.4 Å². The molecule has 5 nitrogen and oxygen atoms in total. The van der Waals surface area contributed by atoms with E-state index in [0.717, 1.165) is 0 Å². The molecular formula is C18H13NO4S2. The molecule has 0 unspecified atom stereocenters. The monoisotopic (exact) mass is 371 g/mol. The van der Waals surface area contributed by atoms with Gasteiger partial charge in [-0.1, -0.05) is 48.2 Å². The highest BCUT2D eigenvalue weighted by Crippen LogP contribution is 2.36. The Kier molecular flexibility index (Phi) is 4.87. The maximum Gasteiger partial charge on any atom is 0.307 e. The number of carbonyl (C=O) groups is 2. The highest BCUT2D eigenvalue weighted by Gasteiger charge is 2.33. The van der Waals surface area contributed by atoms with Crippen LogP contribution in [0.15, 0.2) is 53.4 Å². The van der Waals surface area contributed by atoms with Gasteiger partial charge in [-0.3, -0.25) is 14.5 Å². The first-order chi connectivity index (χ1) is 11.9. The lowest BCUT2D eigenvalue weighted by atomic mass is 10.1. The highest BCUT2D eigenvalue weighted by atomic mass is 32.2. The van der Waals surface area contributed by atoms with E-state index in [-0.39, 0.29) is 18.1 Å². The van der Waals surface area contributed by atoms with E-state index in [1.165, 1.54) is 16.7 Å². The number of rotatable bonds is 4. The van der Waals surface area contributed by atoms with Gasteiger partial charge in [-0.15, -0.1) is 0 Å². The molecule has 2 aromatic carbocycles. The number of hydrogen-bond donors (Lipinski definition) is 2. The SMILES string of the molecule is O=C(O)Cc1ccc(N2C(=O)/C(=C/c3cccc(O)c3)SC2=S)cc1. The zero-order chi connectivity index (χ0) is 18.0. The minimum absolute atomic E-state index is 0.0733. The van der Waals surface area contributed by atoms with Gasteiger partial charge in [0.25, 0.3) is 5.91 Å².